The number of rotatable bonds is 7. The van der Waals surface area contributed by atoms with Gasteiger partial charge in [0.15, 0.2) is 0 Å². The minimum Gasteiger partial charge on any atom is -0.497 e. The quantitative estimate of drug-likeness (QED) is 0.789. The van der Waals surface area contributed by atoms with Crippen LogP contribution in [0, 0.1) is 0 Å². The van der Waals surface area contributed by atoms with Crippen molar-refractivity contribution < 1.29 is 9.53 Å². The summed E-state index contributed by atoms with van der Waals surface area (Å²) in [6, 6.07) is 16.6. The molecule has 1 heterocycles. The molecule has 3 rings (SSSR count). The first-order chi connectivity index (χ1) is 13.2. The zero-order valence-corrected chi connectivity index (χ0v) is 16.2. The lowest BCUT2D eigenvalue weighted by atomic mass is 9.98. The number of nitrogens with zero attached hydrogens (tertiary/aromatic N) is 1. The Bertz CT molecular complexity index is 763. The first kappa shape index (κ1) is 19.2. The molecule has 0 bridgehead atoms. The zero-order chi connectivity index (χ0) is 19.1. The molecule has 2 aromatic carbocycles. The molecule has 0 saturated carbocycles. The third-order valence-corrected chi connectivity index (χ3v) is 5.23. The van der Waals surface area contributed by atoms with E-state index in [1.54, 1.807) is 7.11 Å². The lowest BCUT2D eigenvalue weighted by Gasteiger charge is -2.35. The summed E-state index contributed by atoms with van der Waals surface area (Å²) in [5, 5.41) is 5.95. The second-order valence-electron chi connectivity index (χ2n) is 6.97. The van der Waals surface area contributed by atoms with Gasteiger partial charge < -0.3 is 15.4 Å². The normalized spacial score (nSPS) is 14.9. The third kappa shape index (κ3) is 5.23. The zero-order valence-electron chi connectivity index (χ0n) is 16.2. The van der Waals surface area contributed by atoms with Gasteiger partial charge in [-0.05, 0) is 41.7 Å². The number of nitrogens with one attached hydrogen (secondary N) is 2. The molecule has 27 heavy (non-hydrogen) atoms. The summed E-state index contributed by atoms with van der Waals surface area (Å²) >= 11 is 0. The molecule has 0 fully saturated rings. The SMILES string of the molecule is CCC(CNC(=O)NCc1cccc(OC)c1)N1CCc2ccccc2C1. The third-order valence-electron chi connectivity index (χ3n) is 5.23. The molecule has 2 N–H and O–H groups in total. The highest BCUT2D eigenvalue weighted by atomic mass is 16.5. The van der Waals surface area contributed by atoms with Crippen molar-refractivity contribution in [3.8, 4) is 5.75 Å². The van der Waals surface area contributed by atoms with E-state index in [4.69, 9.17) is 4.74 Å². The van der Waals surface area contributed by atoms with Crippen LogP contribution >= 0.6 is 0 Å². The van der Waals surface area contributed by atoms with Crippen molar-refractivity contribution in [3.63, 3.8) is 0 Å². The molecule has 144 valence electrons. The minimum atomic E-state index is -0.131. The molecular weight excluding hydrogens is 338 g/mol. The van der Waals surface area contributed by atoms with Gasteiger partial charge in [0.1, 0.15) is 5.75 Å². The largest absolute Gasteiger partial charge is 0.497 e. The Labute approximate surface area is 161 Å². The maximum Gasteiger partial charge on any atom is 0.315 e. The lowest BCUT2D eigenvalue weighted by Crippen LogP contribution is -2.47. The van der Waals surface area contributed by atoms with Crippen molar-refractivity contribution in [1.29, 1.82) is 0 Å². The van der Waals surface area contributed by atoms with Crippen molar-refractivity contribution in [2.24, 2.45) is 0 Å². The van der Waals surface area contributed by atoms with E-state index < -0.39 is 0 Å². The minimum absolute atomic E-state index is 0.131. The molecule has 5 nitrogen and oxygen atoms in total. The summed E-state index contributed by atoms with van der Waals surface area (Å²) in [6.45, 7) is 5.32. The average molecular weight is 367 g/mol. The first-order valence-corrected chi connectivity index (χ1v) is 9.65. The standard InChI is InChI=1S/C22H29N3O2/c1-3-20(25-12-11-18-8-4-5-9-19(18)16-25)15-24-22(26)23-14-17-7-6-10-21(13-17)27-2/h4-10,13,20H,3,11-12,14-16H2,1-2H3,(H2,23,24,26). The van der Waals surface area contributed by atoms with E-state index >= 15 is 0 Å². The Kier molecular flexibility index (Phi) is 6.71. The van der Waals surface area contributed by atoms with Gasteiger partial charge >= 0.3 is 6.03 Å². The Balaban J connectivity index is 1.47. The van der Waals surface area contributed by atoms with Crippen LogP contribution in [0.2, 0.25) is 0 Å². The maximum absolute atomic E-state index is 12.2. The Hall–Kier alpha value is -2.53. The summed E-state index contributed by atoms with van der Waals surface area (Å²) in [4.78, 5) is 14.7. The van der Waals surface area contributed by atoms with Crippen molar-refractivity contribution in [1.82, 2.24) is 15.5 Å². The molecule has 1 aliphatic rings. The van der Waals surface area contributed by atoms with Crippen LogP contribution in [-0.4, -0.2) is 37.2 Å². The number of carbonyl (C=O) groups is 1. The molecule has 0 saturated heterocycles. The number of urea groups is 1. The summed E-state index contributed by atoms with van der Waals surface area (Å²) < 4.78 is 5.21. The summed E-state index contributed by atoms with van der Waals surface area (Å²) in [7, 11) is 1.64. The predicted octanol–water partition coefficient (Wildman–Crippen LogP) is 3.33. The summed E-state index contributed by atoms with van der Waals surface area (Å²) in [5.74, 6) is 0.797. The van der Waals surface area contributed by atoms with Gasteiger partial charge in [0.2, 0.25) is 0 Å². The number of hydrogen-bond acceptors (Lipinski definition) is 3. The van der Waals surface area contributed by atoms with Gasteiger partial charge in [0, 0.05) is 32.2 Å². The van der Waals surface area contributed by atoms with E-state index in [2.05, 4.69) is 46.7 Å². The molecule has 5 heteroatoms. The molecule has 0 aromatic heterocycles. The van der Waals surface area contributed by atoms with Gasteiger partial charge in [-0.2, -0.15) is 0 Å². The lowest BCUT2D eigenvalue weighted by molar-refractivity contribution is 0.169. The van der Waals surface area contributed by atoms with Crippen LogP contribution in [-0.2, 0) is 19.5 Å². The topological polar surface area (TPSA) is 53.6 Å². The van der Waals surface area contributed by atoms with Crippen LogP contribution in [0.15, 0.2) is 48.5 Å². The van der Waals surface area contributed by atoms with Crippen molar-refractivity contribution in [2.45, 2.75) is 38.9 Å². The molecule has 1 unspecified atom stereocenters. The number of carbonyl (C=O) groups excluding carboxylic acids is 1. The van der Waals surface area contributed by atoms with Gasteiger partial charge in [-0.3, -0.25) is 4.90 Å². The fourth-order valence-corrected chi connectivity index (χ4v) is 3.60. The van der Waals surface area contributed by atoms with Gasteiger partial charge in [-0.25, -0.2) is 4.79 Å². The number of fused-ring (bicyclic) bond motifs is 1. The Morgan fingerprint density at radius 2 is 1.96 bits per heavy atom. The molecule has 2 amide bonds. The van der Waals surface area contributed by atoms with Crippen LogP contribution in [0.25, 0.3) is 0 Å². The highest BCUT2D eigenvalue weighted by Gasteiger charge is 2.22. The highest BCUT2D eigenvalue weighted by molar-refractivity contribution is 5.73. The fourth-order valence-electron chi connectivity index (χ4n) is 3.60. The van der Waals surface area contributed by atoms with Crippen LogP contribution in [0.5, 0.6) is 5.75 Å². The predicted molar refractivity (Wildman–Crippen MR) is 108 cm³/mol. The van der Waals surface area contributed by atoms with Gasteiger partial charge in [-0.15, -0.1) is 0 Å². The van der Waals surface area contributed by atoms with Crippen LogP contribution < -0.4 is 15.4 Å². The molecular formula is C22H29N3O2. The number of benzene rings is 2. The highest BCUT2D eigenvalue weighted by Crippen LogP contribution is 2.21. The summed E-state index contributed by atoms with van der Waals surface area (Å²) in [6.07, 6.45) is 2.09. The van der Waals surface area contributed by atoms with Gasteiger partial charge in [-0.1, -0.05) is 43.3 Å². The van der Waals surface area contributed by atoms with E-state index in [0.29, 0.717) is 19.1 Å². The van der Waals surface area contributed by atoms with E-state index in [-0.39, 0.29) is 6.03 Å². The Morgan fingerprint density at radius 3 is 2.74 bits per heavy atom. The van der Waals surface area contributed by atoms with Crippen molar-refractivity contribution >= 4 is 6.03 Å². The number of ether oxygens (including phenoxy) is 1. The fraction of sp³-hybridized carbons (Fsp3) is 0.409. The van der Waals surface area contributed by atoms with E-state index in [0.717, 1.165) is 37.2 Å². The van der Waals surface area contributed by atoms with Crippen LogP contribution in [0.3, 0.4) is 0 Å². The van der Waals surface area contributed by atoms with E-state index in [1.807, 2.05) is 24.3 Å². The van der Waals surface area contributed by atoms with E-state index in [9.17, 15) is 4.79 Å². The van der Waals surface area contributed by atoms with Gasteiger partial charge in [0.25, 0.3) is 0 Å². The smallest absolute Gasteiger partial charge is 0.315 e. The molecule has 2 aromatic rings. The first-order valence-electron chi connectivity index (χ1n) is 9.65. The second kappa shape index (κ2) is 9.42. The summed E-state index contributed by atoms with van der Waals surface area (Å²) in [5.41, 5.74) is 3.88. The molecule has 0 aliphatic carbocycles. The maximum atomic E-state index is 12.2. The van der Waals surface area contributed by atoms with E-state index in [1.165, 1.54) is 11.1 Å². The van der Waals surface area contributed by atoms with Crippen molar-refractivity contribution in [3.05, 3.63) is 65.2 Å². The Morgan fingerprint density at radius 1 is 1.15 bits per heavy atom. The van der Waals surface area contributed by atoms with Crippen LogP contribution in [0.1, 0.15) is 30.0 Å². The second-order valence-corrected chi connectivity index (χ2v) is 6.97. The van der Waals surface area contributed by atoms with Gasteiger partial charge in [0.05, 0.1) is 7.11 Å². The number of hydrogen-bond donors (Lipinski definition) is 2. The number of amides is 2. The molecule has 1 aliphatic heterocycles. The monoisotopic (exact) mass is 367 g/mol. The van der Waals surface area contributed by atoms with Crippen LogP contribution in [0.4, 0.5) is 4.79 Å². The number of methoxy groups -OCH3 is 1. The van der Waals surface area contributed by atoms with Crippen molar-refractivity contribution in [2.75, 3.05) is 20.2 Å². The molecule has 1 atom stereocenters. The molecule has 0 radical (unpaired) electrons. The average Bonchev–Trinajstić information content (AvgIpc) is 2.72. The molecule has 0 spiro atoms.